The lowest BCUT2D eigenvalue weighted by atomic mass is 9.66. The maximum Gasteiger partial charge on any atom is 0.185 e. The van der Waals surface area contributed by atoms with Gasteiger partial charge in [-0.25, -0.2) is 0 Å². The van der Waals surface area contributed by atoms with Crippen molar-refractivity contribution in [2.24, 2.45) is 11.8 Å². The van der Waals surface area contributed by atoms with Gasteiger partial charge in [-0.3, -0.25) is 4.79 Å². The van der Waals surface area contributed by atoms with Gasteiger partial charge in [-0.05, 0) is 24.5 Å². The van der Waals surface area contributed by atoms with Gasteiger partial charge >= 0.3 is 0 Å². The van der Waals surface area contributed by atoms with E-state index in [-0.39, 0.29) is 17.6 Å². The van der Waals surface area contributed by atoms with Crippen molar-refractivity contribution in [1.29, 1.82) is 0 Å². The van der Waals surface area contributed by atoms with E-state index in [1.165, 1.54) is 0 Å². The van der Waals surface area contributed by atoms with Gasteiger partial charge in [0.2, 0.25) is 0 Å². The first kappa shape index (κ1) is 13.0. The molecule has 0 aromatic heterocycles. The predicted octanol–water partition coefficient (Wildman–Crippen LogP) is 1.86. The lowest BCUT2D eigenvalue weighted by Crippen LogP contribution is -2.55. The molecule has 1 spiro atoms. The second kappa shape index (κ2) is 5.19. The summed E-state index contributed by atoms with van der Waals surface area (Å²) in [5, 5.41) is 0. The van der Waals surface area contributed by atoms with Gasteiger partial charge < -0.3 is 14.2 Å². The molecular weight excluding hydrogens is 244 g/mol. The second-order valence-corrected chi connectivity index (χ2v) is 5.38. The summed E-state index contributed by atoms with van der Waals surface area (Å²) >= 11 is 0. The Morgan fingerprint density at radius 2 is 2.11 bits per heavy atom. The van der Waals surface area contributed by atoms with E-state index in [0.717, 1.165) is 24.8 Å². The molecule has 104 valence electrons. The van der Waals surface area contributed by atoms with E-state index in [1.807, 2.05) is 0 Å². The SMILES string of the molecule is C=CCOCC1=CC(=O)C2CCCC1C21OCCO1. The van der Waals surface area contributed by atoms with Gasteiger partial charge in [0.25, 0.3) is 0 Å². The van der Waals surface area contributed by atoms with Crippen LogP contribution >= 0.6 is 0 Å². The van der Waals surface area contributed by atoms with Crippen molar-refractivity contribution in [2.75, 3.05) is 26.4 Å². The number of carbonyl (C=O) groups excluding carboxylic acids is 1. The predicted molar refractivity (Wildman–Crippen MR) is 69.6 cm³/mol. The molecule has 19 heavy (non-hydrogen) atoms. The van der Waals surface area contributed by atoms with E-state index in [9.17, 15) is 4.79 Å². The van der Waals surface area contributed by atoms with Crippen LogP contribution in [0.2, 0.25) is 0 Å². The van der Waals surface area contributed by atoms with Crippen LogP contribution in [0.3, 0.4) is 0 Å². The van der Waals surface area contributed by atoms with Crippen LogP contribution in [-0.4, -0.2) is 38.0 Å². The zero-order chi connectivity index (χ0) is 13.3. The molecule has 3 rings (SSSR count). The Kier molecular flexibility index (Phi) is 3.56. The molecule has 1 heterocycles. The van der Waals surface area contributed by atoms with E-state index in [0.29, 0.717) is 26.4 Å². The molecule has 1 aliphatic heterocycles. The maximum absolute atomic E-state index is 12.3. The van der Waals surface area contributed by atoms with Crippen LogP contribution in [0.15, 0.2) is 24.3 Å². The molecule has 1 saturated carbocycles. The molecule has 2 aliphatic carbocycles. The average molecular weight is 264 g/mol. The number of hydrogen-bond acceptors (Lipinski definition) is 4. The summed E-state index contributed by atoms with van der Waals surface area (Å²) in [5.74, 6) is -0.528. The number of allylic oxidation sites excluding steroid dienone is 1. The van der Waals surface area contributed by atoms with Crippen molar-refractivity contribution < 1.29 is 19.0 Å². The molecule has 0 N–H and O–H groups in total. The monoisotopic (exact) mass is 264 g/mol. The van der Waals surface area contributed by atoms with E-state index < -0.39 is 5.79 Å². The van der Waals surface area contributed by atoms with Crippen molar-refractivity contribution in [2.45, 2.75) is 25.0 Å². The number of rotatable bonds is 4. The minimum atomic E-state index is -0.697. The average Bonchev–Trinajstić information content (AvgIpc) is 2.85. The fourth-order valence-corrected chi connectivity index (χ4v) is 3.59. The number of hydrogen-bond donors (Lipinski definition) is 0. The van der Waals surface area contributed by atoms with Crippen molar-refractivity contribution in [3.8, 4) is 0 Å². The smallest absolute Gasteiger partial charge is 0.185 e. The summed E-state index contributed by atoms with van der Waals surface area (Å²) in [7, 11) is 0. The highest BCUT2D eigenvalue weighted by Gasteiger charge is 2.57. The third-order valence-electron chi connectivity index (χ3n) is 4.32. The fraction of sp³-hybridized carbons (Fsp3) is 0.667. The van der Waals surface area contributed by atoms with Gasteiger partial charge in [0.05, 0.1) is 32.3 Å². The number of ether oxygens (including phenoxy) is 3. The van der Waals surface area contributed by atoms with Gasteiger partial charge in [-0.15, -0.1) is 6.58 Å². The highest BCUT2D eigenvalue weighted by atomic mass is 16.7. The Bertz CT molecular complexity index is 406. The number of ketones is 1. The summed E-state index contributed by atoms with van der Waals surface area (Å²) in [6.45, 7) is 5.76. The van der Waals surface area contributed by atoms with Crippen LogP contribution in [-0.2, 0) is 19.0 Å². The van der Waals surface area contributed by atoms with Crippen molar-refractivity contribution in [3.05, 3.63) is 24.3 Å². The molecule has 4 nitrogen and oxygen atoms in total. The Morgan fingerprint density at radius 1 is 1.37 bits per heavy atom. The Labute approximate surface area is 113 Å². The molecule has 0 aromatic carbocycles. The van der Waals surface area contributed by atoms with Crippen LogP contribution in [0.25, 0.3) is 0 Å². The van der Waals surface area contributed by atoms with Crippen LogP contribution in [0.4, 0.5) is 0 Å². The Hall–Kier alpha value is -0.970. The molecule has 2 bridgehead atoms. The highest BCUT2D eigenvalue weighted by molar-refractivity contribution is 5.94. The first-order chi connectivity index (χ1) is 9.28. The molecular formula is C15H20O4. The Morgan fingerprint density at radius 3 is 2.84 bits per heavy atom. The molecule has 2 fully saturated rings. The summed E-state index contributed by atoms with van der Waals surface area (Å²) in [5.41, 5.74) is 1.02. The lowest BCUT2D eigenvalue weighted by molar-refractivity contribution is -0.236. The van der Waals surface area contributed by atoms with Gasteiger partial charge in [0, 0.05) is 5.92 Å². The largest absolute Gasteiger partial charge is 0.373 e. The van der Waals surface area contributed by atoms with E-state index >= 15 is 0 Å². The number of carbonyl (C=O) groups is 1. The molecule has 0 amide bonds. The van der Waals surface area contributed by atoms with Crippen LogP contribution in [0.1, 0.15) is 19.3 Å². The maximum atomic E-state index is 12.3. The summed E-state index contributed by atoms with van der Waals surface area (Å²) in [6, 6.07) is 0. The molecule has 4 heteroatoms. The van der Waals surface area contributed by atoms with E-state index in [1.54, 1.807) is 12.2 Å². The third-order valence-corrected chi connectivity index (χ3v) is 4.32. The van der Waals surface area contributed by atoms with E-state index in [4.69, 9.17) is 14.2 Å². The molecule has 3 aliphatic rings. The topological polar surface area (TPSA) is 44.8 Å². The molecule has 1 saturated heterocycles. The first-order valence-electron chi connectivity index (χ1n) is 6.99. The van der Waals surface area contributed by atoms with Crippen molar-refractivity contribution in [1.82, 2.24) is 0 Å². The minimum Gasteiger partial charge on any atom is -0.373 e. The molecule has 0 radical (unpaired) electrons. The van der Waals surface area contributed by atoms with Gasteiger partial charge in [-0.1, -0.05) is 12.5 Å². The first-order valence-corrected chi connectivity index (χ1v) is 6.99. The van der Waals surface area contributed by atoms with Gasteiger partial charge in [0.15, 0.2) is 11.6 Å². The molecule has 0 aromatic rings. The molecule has 2 atom stereocenters. The Balaban J connectivity index is 1.86. The van der Waals surface area contributed by atoms with Crippen LogP contribution < -0.4 is 0 Å². The van der Waals surface area contributed by atoms with Gasteiger partial charge in [-0.2, -0.15) is 0 Å². The lowest BCUT2D eigenvalue weighted by Gasteiger charge is -2.47. The summed E-state index contributed by atoms with van der Waals surface area (Å²) in [6.07, 6.45) is 6.40. The fourth-order valence-electron chi connectivity index (χ4n) is 3.59. The standard InChI is InChI=1S/C15H20O4/c1-2-6-17-10-11-9-14(16)13-5-3-4-12(11)15(13)18-7-8-19-15/h2,9,12-13H,1,3-8,10H2. The van der Waals surface area contributed by atoms with Crippen LogP contribution in [0.5, 0.6) is 0 Å². The minimum absolute atomic E-state index is 0.128. The zero-order valence-electron chi connectivity index (χ0n) is 11.1. The third kappa shape index (κ3) is 2.08. The second-order valence-electron chi connectivity index (χ2n) is 5.38. The van der Waals surface area contributed by atoms with Crippen molar-refractivity contribution >= 4 is 5.78 Å². The van der Waals surface area contributed by atoms with Crippen LogP contribution in [0, 0.1) is 11.8 Å². The van der Waals surface area contributed by atoms with Gasteiger partial charge in [0.1, 0.15) is 0 Å². The quantitative estimate of drug-likeness (QED) is 0.574. The molecule has 2 unspecified atom stereocenters. The normalized spacial score (nSPS) is 32.4. The summed E-state index contributed by atoms with van der Waals surface area (Å²) < 4.78 is 17.3. The van der Waals surface area contributed by atoms with E-state index in [2.05, 4.69) is 6.58 Å². The van der Waals surface area contributed by atoms with Crippen molar-refractivity contribution in [3.63, 3.8) is 0 Å². The zero-order valence-corrected chi connectivity index (χ0v) is 11.1. The highest BCUT2D eigenvalue weighted by Crippen LogP contribution is 2.50. The summed E-state index contributed by atoms with van der Waals surface area (Å²) in [4.78, 5) is 12.3.